The van der Waals surface area contributed by atoms with Crippen molar-refractivity contribution in [2.75, 3.05) is 6.61 Å². The monoisotopic (exact) mass is 304 g/mol. The molecular formula is C12H17IO. The Morgan fingerprint density at radius 1 is 1.07 bits per heavy atom. The van der Waals surface area contributed by atoms with Crippen LogP contribution >= 0.6 is 22.6 Å². The van der Waals surface area contributed by atoms with Crippen LogP contribution in [-0.2, 0) is 0 Å². The molecule has 0 atom stereocenters. The van der Waals surface area contributed by atoms with Crippen molar-refractivity contribution >= 4 is 22.6 Å². The number of halogens is 1. The highest BCUT2D eigenvalue weighted by molar-refractivity contribution is 14.1. The van der Waals surface area contributed by atoms with Gasteiger partial charge in [-0.25, -0.2) is 0 Å². The second-order valence-corrected chi connectivity index (χ2v) is 4.61. The van der Waals surface area contributed by atoms with Gasteiger partial charge in [0.05, 0.1) is 6.61 Å². The first-order valence-corrected chi connectivity index (χ1v) is 6.29. The average Bonchev–Trinajstić information content (AvgIpc) is 2.21. The van der Waals surface area contributed by atoms with Gasteiger partial charge in [0.15, 0.2) is 0 Å². The first kappa shape index (κ1) is 11.8. The molecule has 0 fully saturated rings. The SMILES string of the molecule is CCCCCCOc1ccc(I)cc1. The molecule has 0 aromatic heterocycles. The largest absolute Gasteiger partial charge is 0.494 e. The number of hydrogen-bond donors (Lipinski definition) is 0. The Balaban J connectivity index is 2.15. The van der Waals surface area contributed by atoms with Gasteiger partial charge in [-0.2, -0.15) is 0 Å². The van der Waals surface area contributed by atoms with Crippen LogP contribution in [0.25, 0.3) is 0 Å². The summed E-state index contributed by atoms with van der Waals surface area (Å²) >= 11 is 2.30. The van der Waals surface area contributed by atoms with Crippen LogP contribution in [0.2, 0.25) is 0 Å². The van der Waals surface area contributed by atoms with E-state index in [-0.39, 0.29) is 0 Å². The lowest BCUT2D eigenvalue weighted by molar-refractivity contribution is 0.305. The van der Waals surface area contributed by atoms with E-state index < -0.39 is 0 Å². The predicted molar refractivity (Wildman–Crippen MR) is 68.8 cm³/mol. The highest BCUT2D eigenvalue weighted by Crippen LogP contribution is 2.13. The highest BCUT2D eigenvalue weighted by Gasteiger charge is 1.93. The molecule has 1 aromatic carbocycles. The average molecular weight is 304 g/mol. The molecule has 0 heterocycles. The van der Waals surface area contributed by atoms with E-state index >= 15 is 0 Å². The summed E-state index contributed by atoms with van der Waals surface area (Å²) < 4.78 is 6.86. The van der Waals surface area contributed by atoms with Gasteiger partial charge >= 0.3 is 0 Å². The Hall–Kier alpha value is -0.250. The summed E-state index contributed by atoms with van der Waals surface area (Å²) in [6.07, 6.45) is 5.04. The fourth-order valence-corrected chi connectivity index (χ4v) is 1.61. The smallest absolute Gasteiger partial charge is 0.119 e. The second kappa shape index (κ2) is 7.10. The topological polar surface area (TPSA) is 9.23 Å². The summed E-state index contributed by atoms with van der Waals surface area (Å²) in [7, 11) is 0. The molecular weight excluding hydrogens is 287 g/mol. The number of hydrogen-bond acceptors (Lipinski definition) is 1. The fourth-order valence-electron chi connectivity index (χ4n) is 1.25. The van der Waals surface area contributed by atoms with Crippen molar-refractivity contribution in [3.05, 3.63) is 27.8 Å². The normalized spacial score (nSPS) is 10.1. The first-order chi connectivity index (χ1) is 6.83. The summed E-state index contributed by atoms with van der Waals surface area (Å²) in [6.45, 7) is 3.07. The van der Waals surface area contributed by atoms with Gasteiger partial charge < -0.3 is 4.74 Å². The molecule has 0 aliphatic carbocycles. The van der Waals surface area contributed by atoms with Crippen molar-refractivity contribution in [1.29, 1.82) is 0 Å². The van der Waals surface area contributed by atoms with Gasteiger partial charge in [-0.3, -0.25) is 0 Å². The maximum Gasteiger partial charge on any atom is 0.119 e. The number of ether oxygens (including phenoxy) is 1. The van der Waals surface area contributed by atoms with Crippen molar-refractivity contribution in [3.63, 3.8) is 0 Å². The van der Waals surface area contributed by atoms with Crippen LogP contribution in [0.1, 0.15) is 32.6 Å². The van der Waals surface area contributed by atoms with Gasteiger partial charge in [0.25, 0.3) is 0 Å². The van der Waals surface area contributed by atoms with Crippen LogP contribution in [0.5, 0.6) is 5.75 Å². The maximum absolute atomic E-state index is 5.60. The maximum atomic E-state index is 5.60. The molecule has 0 spiro atoms. The molecule has 0 bridgehead atoms. The predicted octanol–water partition coefficient (Wildman–Crippen LogP) is 4.25. The van der Waals surface area contributed by atoms with Gasteiger partial charge in [-0.1, -0.05) is 26.2 Å². The summed E-state index contributed by atoms with van der Waals surface area (Å²) in [5, 5.41) is 0. The number of benzene rings is 1. The zero-order chi connectivity index (χ0) is 10.2. The van der Waals surface area contributed by atoms with E-state index in [2.05, 4.69) is 41.6 Å². The molecule has 0 saturated heterocycles. The third-order valence-corrected chi connectivity index (χ3v) is 2.80. The van der Waals surface area contributed by atoms with Crippen LogP contribution in [0.15, 0.2) is 24.3 Å². The van der Waals surface area contributed by atoms with E-state index in [0.29, 0.717) is 0 Å². The van der Waals surface area contributed by atoms with Gasteiger partial charge in [-0.05, 0) is 53.3 Å². The number of unbranched alkanes of at least 4 members (excludes halogenated alkanes) is 3. The molecule has 14 heavy (non-hydrogen) atoms. The molecule has 1 nitrogen and oxygen atoms in total. The van der Waals surface area contributed by atoms with E-state index in [9.17, 15) is 0 Å². The van der Waals surface area contributed by atoms with Crippen LogP contribution < -0.4 is 4.74 Å². The Labute approximate surface area is 100.0 Å². The Morgan fingerprint density at radius 3 is 2.43 bits per heavy atom. The van der Waals surface area contributed by atoms with E-state index in [1.54, 1.807) is 0 Å². The minimum absolute atomic E-state index is 0.848. The van der Waals surface area contributed by atoms with E-state index in [1.165, 1.54) is 29.3 Å². The molecule has 0 amide bonds. The summed E-state index contributed by atoms with van der Waals surface area (Å²) in [5.74, 6) is 0.988. The summed E-state index contributed by atoms with van der Waals surface area (Å²) in [4.78, 5) is 0. The summed E-state index contributed by atoms with van der Waals surface area (Å²) in [6, 6.07) is 8.20. The van der Waals surface area contributed by atoms with E-state index in [0.717, 1.165) is 12.4 Å². The molecule has 1 aromatic rings. The van der Waals surface area contributed by atoms with Gasteiger partial charge in [-0.15, -0.1) is 0 Å². The van der Waals surface area contributed by atoms with Crippen LogP contribution in [0.3, 0.4) is 0 Å². The van der Waals surface area contributed by atoms with Crippen molar-refractivity contribution in [3.8, 4) is 5.75 Å². The Bertz CT molecular complexity index is 243. The summed E-state index contributed by atoms with van der Waals surface area (Å²) in [5.41, 5.74) is 0. The van der Waals surface area contributed by atoms with Crippen molar-refractivity contribution in [1.82, 2.24) is 0 Å². The lowest BCUT2D eigenvalue weighted by Gasteiger charge is -2.05. The Kier molecular flexibility index (Phi) is 5.99. The standard InChI is InChI=1S/C12H17IO/c1-2-3-4-5-10-14-12-8-6-11(13)7-9-12/h6-9H,2-5,10H2,1H3. The van der Waals surface area contributed by atoms with Gasteiger partial charge in [0.1, 0.15) is 5.75 Å². The third-order valence-electron chi connectivity index (χ3n) is 2.08. The van der Waals surface area contributed by atoms with Crippen molar-refractivity contribution in [2.45, 2.75) is 32.6 Å². The fraction of sp³-hybridized carbons (Fsp3) is 0.500. The second-order valence-electron chi connectivity index (χ2n) is 3.36. The lowest BCUT2D eigenvalue weighted by atomic mass is 10.2. The lowest BCUT2D eigenvalue weighted by Crippen LogP contribution is -1.96. The first-order valence-electron chi connectivity index (χ1n) is 5.21. The third kappa shape index (κ3) is 4.84. The zero-order valence-corrected chi connectivity index (χ0v) is 10.8. The quantitative estimate of drug-likeness (QED) is 0.564. The van der Waals surface area contributed by atoms with Crippen molar-refractivity contribution in [2.24, 2.45) is 0 Å². The van der Waals surface area contributed by atoms with Crippen LogP contribution in [0.4, 0.5) is 0 Å². The molecule has 1 rings (SSSR count). The minimum atomic E-state index is 0.848. The van der Waals surface area contributed by atoms with E-state index in [4.69, 9.17) is 4.74 Å². The van der Waals surface area contributed by atoms with E-state index in [1.807, 2.05) is 12.1 Å². The van der Waals surface area contributed by atoms with Crippen molar-refractivity contribution < 1.29 is 4.74 Å². The molecule has 78 valence electrons. The molecule has 0 N–H and O–H groups in total. The van der Waals surface area contributed by atoms with Crippen LogP contribution in [-0.4, -0.2) is 6.61 Å². The minimum Gasteiger partial charge on any atom is -0.494 e. The molecule has 0 aliphatic rings. The zero-order valence-electron chi connectivity index (χ0n) is 8.63. The molecule has 0 unspecified atom stereocenters. The molecule has 0 aliphatic heterocycles. The number of rotatable bonds is 6. The Morgan fingerprint density at radius 2 is 1.79 bits per heavy atom. The highest BCUT2D eigenvalue weighted by atomic mass is 127. The van der Waals surface area contributed by atoms with Gasteiger partial charge in [0.2, 0.25) is 0 Å². The van der Waals surface area contributed by atoms with Crippen LogP contribution in [0, 0.1) is 3.57 Å². The molecule has 2 heteroatoms. The molecule has 0 saturated carbocycles. The molecule has 0 radical (unpaired) electrons. The van der Waals surface area contributed by atoms with Gasteiger partial charge in [0, 0.05) is 3.57 Å².